The van der Waals surface area contributed by atoms with Crippen molar-refractivity contribution in [3.8, 4) is 0 Å². The van der Waals surface area contributed by atoms with Gasteiger partial charge < -0.3 is 0 Å². The number of hydrogen-bond donors (Lipinski definition) is 0. The highest BCUT2D eigenvalue weighted by atomic mass is 19.4. The Labute approximate surface area is 172 Å². The molecule has 0 heterocycles. The van der Waals surface area contributed by atoms with Gasteiger partial charge in [0.1, 0.15) is 0 Å². The number of aryl methyl sites for hydroxylation is 1. The number of benzene rings is 1. The topological polar surface area (TPSA) is 0 Å². The van der Waals surface area contributed by atoms with Crippen LogP contribution in [0, 0.1) is 23.7 Å². The fraction of sp³-hybridized carbons (Fsp3) is 0.680. The summed E-state index contributed by atoms with van der Waals surface area (Å²) >= 11 is 0. The zero-order chi connectivity index (χ0) is 20.7. The van der Waals surface area contributed by atoms with Gasteiger partial charge in [-0.1, -0.05) is 37.1 Å². The second kappa shape index (κ2) is 10.6. The van der Waals surface area contributed by atoms with Gasteiger partial charge in [-0.05, 0) is 99.2 Å². The SMILES string of the molecule is FCCC=CC1CCC(C2CCC(CCc3ccc(C(F)(F)F)cc3)CC2)CC1. The third-order valence-electron chi connectivity index (χ3n) is 7.18. The number of halogens is 4. The predicted molar refractivity (Wildman–Crippen MR) is 110 cm³/mol. The average molecular weight is 411 g/mol. The van der Waals surface area contributed by atoms with E-state index in [0.717, 1.165) is 30.2 Å². The standard InChI is InChI=1S/C25H34F4/c26-18-2-1-3-19-6-12-22(13-7-19)23-14-8-20(9-15-23)4-5-21-10-16-24(17-11-21)25(27,28)29/h1,3,10-11,16-17,19-20,22-23H,2,4-9,12-15,18H2. The first-order chi connectivity index (χ1) is 14.0. The largest absolute Gasteiger partial charge is 0.416 e. The molecule has 2 fully saturated rings. The number of alkyl halides is 4. The Morgan fingerprint density at radius 3 is 1.97 bits per heavy atom. The molecule has 4 heteroatoms. The summed E-state index contributed by atoms with van der Waals surface area (Å²) in [6.45, 7) is -0.256. The van der Waals surface area contributed by atoms with E-state index in [2.05, 4.69) is 6.08 Å². The summed E-state index contributed by atoms with van der Waals surface area (Å²) in [5.74, 6) is 3.08. The van der Waals surface area contributed by atoms with Crippen molar-refractivity contribution in [2.45, 2.75) is 76.8 Å². The van der Waals surface area contributed by atoms with Crippen LogP contribution in [-0.2, 0) is 12.6 Å². The van der Waals surface area contributed by atoms with Crippen molar-refractivity contribution in [2.24, 2.45) is 23.7 Å². The van der Waals surface area contributed by atoms with Gasteiger partial charge in [-0.3, -0.25) is 4.39 Å². The van der Waals surface area contributed by atoms with Crippen LogP contribution in [0.15, 0.2) is 36.4 Å². The molecule has 0 unspecified atom stereocenters. The van der Waals surface area contributed by atoms with Gasteiger partial charge in [0.15, 0.2) is 0 Å². The summed E-state index contributed by atoms with van der Waals surface area (Å²) < 4.78 is 50.2. The van der Waals surface area contributed by atoms with Crippen LogP contribution in [0.3, 0.4) is 0 Å². The van der Waals surface area contributed by atoms with E-state index in [-0.39, 0.29) is 6.67 Å². The molecule has 2 aliphatic rings. The molecule has 3 rings (SSSR count). The van der Waals surface area contributed by atoms with Gasteiger partial charge in [-0.15, -0.1) is 0 Å². The quantitative estimate of drug-likeness (QED) is 0.314. The lowest BCUT2D eigenvalue weighted by Gasteiger charge is -2.37. The molecule has 0 nitrogen and oxygen atoms in total. The fourth-order valence-electron chi connectivity index (χ4n) is 5.34. The third kappa shape index (κ3) is 6.86. The van der Waals surface area contributed by atoms with Crippen molar-refractivity contribution in [3.63, 3.8) is 0 Å². The summed E-state index contributed by atoms with van der Waals surface area (Å²) in [5, 5.41) is 0. The van der Waals surface area contributed by atoms with Crippen molar-refractivity contribution < 1.29 is 17.6 Å². The van der Waals surface area contributed by atoms with E-state index < -0.39 is 11.7 Å². The minimum atomic E-state index is -4.25. The molecular formula is C25H34F4. The Morgan fingerprint density at radius 1 is 0.828 bits per heavy atom. The van der Waals surface area contributed by atoms with E-state index in [4.69, 9.17) is 0 Å². The van der Waals surface area contributed by atoms with Crippen LogP contribution in [-0.4, -0.2) is 6.67 Å². The maximum absolute atomic E-state index is 12.7. The smallest absolute Gasteiger partial charge is 0.251 e. The normalized spacial score (nSPS) is 28.7. The van der Waals surface area contributed by atoms with E-state index >= 15 is 0 Å². The van der Waals surface area contributed by atoms with Crippen molar-refractivity contribution in [1.82, 2.24) is 0 Å². The van der Waals surface area contributed by atoms with Gasteiger partial charge in [-0.25, -0.2) is 0 Å². The number of rotatable bonds is 7. The molecular weight excluding hydrogens is 376 g/mol. The molecule has 0 bridgehead atoms. The molecule has 0 N–H and O–H groups in total. The molecule has 29 heavy (non-hydrogen) atoms. The van der Waals surface area contributed by atoms with Crippen LogP contribution < -0.4 is 0 Å². The highest BCUT2D eigenvalue weighted by Gasteiger charge is 2.31. The lowest BCUT2D eigenvalue weighted by atomic mass is 9.68. The molecule has 0 radical (unpaired) electrons. The summed E-state index contributed by atoms with van der Waals surface area (Å²) in [6, 6.07) is 5.68. The molecule has 0 aliphatic heterocycles. The Morgan fingerprint density at radius 2 is 1.41 bits per heavy atom. The van der Waals surface area contributed by atoms with E-state index in [1.54, 1.807) is 12.1 Å². The minimum Gasteiger partial charge on any atom is -0.251 e. The molecule has 1 aromatic carbocycles. The first kappa shape index (κ1) is 22.4. The lowest BCUT2D eigenvalue weighted by Crippen LogP contribution is -2.25. The average Bonchev–Trinajstić information content (AvgIpc) is 2.73. The van der Waals surface area contributed by atoms with Crippen molar-refractivity contribution >= 4 is 0 Å². The van der Waals surface area contributed by atoms with Gasteiger partial charge in [0.05, 0.1) is 12.2 Å². The zero-order valence-corrected chi connectivity index (χ0v) is 17.3. The Bertz CT molecular complexity index is 615. The molecule has 2 saturated carbocycles. The highest BCUT2D eigenvalue weighted by Crippen LogP contribution is 2.42. The minimum absolute atomic E-state index is 0.256. The van der Waals surface area contributed by atoms with Crippen LogP contribution in [0.4, 0.5) is 17.6 Å². The van der Waals surface area contributed by atoms with Crippen LogP contribution >= 0.6 is 0 Å². The van der Waals surface area contributed by atoms with Crippen LogP contribution in [0.5, 0.6) is 0 Å². The van der Waals surface area contributed by atoms with Gasteiger partial charge in [0, 0.05) is 0 Å². The Balaban J connectivity index is 1.36. The van der Waals surface area contributed by atoms with E-state index in [9.17, 15) is 17.6 Å². The third-order valence-corrected chi connectivity index (χ3v) is 7.18. The molecule has 162 valence electrons. The molecule has 1 aromatic rings. The molecule has 0 amide bonds. The van der Waals surface area contributed by atoms with E-state index in [1.807, 2.05) is 6.08 Å². The second-order valence-corrected chi connectivity index (χ2v) is 9.09. The highest BCUT2D eigenvalue weighted by molar-refractivity contribution is 5.24. The summed E-state index contributed by atoms with van der Waals surface area (Å²) in [7, 11) is 0. The zero-order valence-electron chi connectivity index (χ0n) is 17.3. The fourth-order valence-corrected chi connectivity index (χ4v) is 5.34. The second-order valence-electron chi connectivity index (χ2n) is 9.09. The summed E-state index contributed by atoms with van der Waals surface area (Å²) in [4.78, 5) is 0. The van der Waals surface area contributed by atoms with E-state index in [1.165, 1.54) is 63.5 Å². The van der Waals surface area contributed by atoms with Crippen molar-refractivity contribution in [3.05, 3.63) is 47.5 Å². The van der Waals surface area contributed by atoms with Crippen LogP contribution in [0.25, 0.3) is 0 Å². The molecule has 0 spiro atoms. The lowest BCUT2D eigenvalue weighted by molar-refractivity contribution is -0.137. The first-order valence-electron chi connectivity index (χ1n) is 11.3. The first-order valence-corrected chi connectivity index (χ1v) is 11.3. The maximum Gasteiger partial charge on any atom is 0.416 e. The molecule has 0 saturated heterocycles. The number of hydrogen-bond acceptors (Lipinski definition) is 0. The van der Waals surface area contributed by atoms with E-state index in [0.29, 0.717) is 18.3 Å². The summed E-state index contributed by atoms with van der Waals surface area (Å²) in [5.41, 5.74) is 0.452. The Kier molecular flexibility index (Phi) is 8.20. The van der Waals surface area contributed by atoms with Gasteiger partial charge in [0.2, 0.25) is 0 Å². The van der Waals surface area contributed by atoms with Crippen LogP contribution in [0.1, 0.15) is 75.3 Å². The molecule has 0 atom stereocenters. The Hall–Kier alpha value is -1.32. The molecule has 2 aliphatic carbocycles. The van der Waals surface area contributed by atoms with Crippen molar-refractivity contribution in [1.29, 1.82) is 0 Å². The number of allylic oxidation sites excluding steroid dienone is 2. The molecule has 0 aromatic heterocycles. The van der Waals surface area contributed by atoms with Crippen LogP contribution in [0.2, 0.25) is 0 Å². The van der Waals surface area contributed by atoms with Gasteiger partial charge in [0.25, 0.3) is 0 Å². The summed E-state index contributed by atoms with van der Waals surface area (Å²) in [6.07, 6.45) is 12.8. The maximum atomic E-state index is 12.7. The predicted octanol–water partition coefficient (Wildman–Crippen LogP) is 8.17. The van der Waals surface area contributed by atoms with Gasteiger partial charge >= 0.3 is 6.18 Å². The monoisotopic (exact) mass is 410 g/mol. The van der Waals surface area contributed by atoms with Gasteiger partial charge in [-0.2, -0.15) is 13.2 Å². The van der Waals surface area contributed by atoms with Crippen molar-refractivity contribution in [2.75, 3.05) is 6.67 Å².